The Bertz CT molecular complexity index is 350. The van der Waals surface area contributed by atoms with Crippen LogP contribution in [0.3, 0.4) is 0 Å². The second-order valence-electron chi connectivity index (χ2n) is 5.33. The number of carboxylic acids is 1. The Balaban J connectivity index is 2.59. The number of carbonyl (C=O) groups is 2. The SMILES string of the molecule is CC1(C)[C@@]2(C(=O)O)CC[C@@]1(CF)C(=O)C2. The first-order valence-electron chi connectivity index (χ1n) is 5.17. The van der Waals surface area contributed by atoms with Crippen molar-refractivity contribution in [3.05, 3.63) is 0 Å². The van der Waals surface area contributed by atoms with E-state index in [0.717, 1.165) is 0 Å². The summed E-state index contributed by atoms with van der Waals surface area (Å²) in [6.07, 6.45) is 0.798. The molecule has 15 heavy (non-hydrogen) atoms. The molecule has 1 N–H and O–H groups in total. The lowest BCUT2D eigenvalue weighted by molar-refractivity contribution is -0.154. The molecule has 0 aromatic carbocycles. The fourth-order valence-corrected chi connectivity index (χ4v) is 3.51. The van der Waals surface area contributed by atoms with Crippen LogP contribution in [-0.4, -0.2) is 23.5 Å². The van der Waals surface area contributed by atoms with E-state index >= 15 is 0 Å². The summed E-state index contributed by atoms with van der Waals surface area (Å²) in [7, 11) is 0. The third kappa shape index (κ3) is 0.825. The van der Waals surface area contributed by atoms with Crippen LogP contribution >= 0.6 is 0 Å². The highest BCUT2D eigenvalue weighted by molar-refractivity contribution is 5.97. The monoisotopic (exact) mass is 214 g/mol. The molecule has 0 unspecified atom stereocenters. The van der Waals surface area contributed by atoms with Crippen LogP contribution in [0.1, 0.15) is 33.1 Å². The van der Waals surface area contributed by atoms with Gasteiger partial charge in [0.25, 0.3) is 0 Å². The number of rotatable bonds is 2. The molecule has 84 valence electrons. The van der Waals surface area contributed by atoms with Gasteiger partial charge in [-0.25, -0.2) is 4.39 Å². The van der Waals surface area contributed by atoms with E-state index in [4.69, 9.17) is 0 Å². The van der Waals surface area contributed by atoms with E-state index in [2.05, 4.69) is 0 Å². The quantitative estimate of drug-likeness (QED) is 0.762. The van der Waals surface area contributed by atoms with Gasteiger partial charge >= 0.3 is 5.97 Å². The predicted molar refractivity (Wildman–Crippen MR) is 51.1 cm³/mol. The summed E-state index contributed by atoms with van der Waals surface area (Å²) in [5.74, 6) is -1.16. The topological polar surface area (TPSA) is 54.4 Å². The number of ketones is 1. The smallest absolute Gasteiger partial charge is 0.310 e. The molecule has 2 aliphatic rings. The van der Waals surface area contributed by atoms with Crippen LogP contribution in [-0.2, 0) is 9.59 Å². The summed E-state index contributed by atoms with van der Waals surface area (Å²) in [6, 6.07) is 0. The van der Waals surface area contributed by atoms with Gasteiger partial charge in [0.1, 0.15) is 12.5 Å². The Morgan fingerprint density at radius 3 is 2.33 bits per heavy atom. The molecule has 0 aromatic heterocycles. The summed E-state index contributed by atoms with van der Waals surface area (Å²) in [6.45, 7) is 2.71. The molecule has 2 fully saturated rings. The van der Waals surface area contributed by atoms with Gasteiger partial charge in [-0.15, -0.1) is 0 Å². The molecule has 2 bridgehead atoms. The lowest BCUT2D eigenvalue weighted by Crippen LogP contribution is -2.42. The van der Waals surface area contributed by atoms with Crippen molar-refractivity contribution in [2.75, 3.05) is 6.67 Å². The van der Waals surface area contributed by atoms with Crippen molar-refractivity contribution in [2.24, 2.45) is 16.2 Å². The molecule has 0 heterocycles. The maximum atomic E-state index is 13.1. The van der Waals surface area contributed by atoms with Crippen molar-refractivity contribution in [1.29, 1.82) is 0 Å². The van der Waals surface area contributed by atoms with E-state index in [9.17, 15) is 19.1 Å². The van der Waals surface area contributed by atoms with Gasteiger partial charge < -0.3 is 5.11 Å². The van der Waals surface area contributed by atoms with Gasteiger partial charge in [0.2, 0.25) is 0 Å². The normalized spacial score (nSPS) is 42.2. The summed E-state index contributed by atoms with van der Waals surface area (Å²) in [5.41, 5.74) is -2.83. The molecule has 3 nitrogen and oxygen atoms in total. The Morgan fingerprint density at radius 1 is 1.47 bits per heavy atom. The van der Waals surface area contributed by atoms with Crippen molar-refractivity contribution in [1.82, 2.24) is 0 Å². The average molecular weight is 214 g/mol. The first-order chi connectivity index (χ1) is 6.84. The van der Waals surface area contributed by atoms with Gasteiger partial charge in [-0.2, -0.15) is 0 Å². The average Bonchev–Trinajstić information content (AvgIpc) is 2.47. The van der Waals surface area contributed by atoms with Gasteiger partial charge in [-0.3, -0.25) is 9.59 Å². The second-order valence-corrected chi connectivity index (χ2v) is 5.33. The van der Waals surface area contributed by atoms with Crippen LogP contribution in [0.25, 0.3) is 0 Å². The van der Waals surface area contributed by atoms with Gasteiger partial charge in [0, 0.05) is 6.42 Å². The molecule has 0 aromatic rings. The fourth-order valence-electron chi connectivity index (χ4n) is 3.51. The minimum absolute atomic E-state index is 0.000741. The molecule has 2 rings (SSSR count). The van der Waals surface area contributed by atoms with E-state index < -0.39 is 28.9 Å². The van der Waals surface area contributed by atoms with Crippen molar-refractivity contribution in [3.8, 4) is 0 Å². The van der Waals surface area contributed by atoms with Crippen LogP contribution in [0.2, 0.25) is 0 Å². The van der Waals surface area contributed by atoms with Crippen LogP contribution in [0, 0.1) is 16.2 Å². The number of hydrogen-bond acceptors (Lipinski definition) is 2. The van der Waals surface area contributed by atoms with E-state index in [0.29, 0.717) is 12.8 Å². The highest BCUT2D eigenvalue weighted by Gasteiger charge is 2.74. The highest BCUT2D eigenvalue weighted by atomic mass is 19.1. The minimum Gasteiger partial charge on any atom is -0.481 e. The van der Waals surface area contributed by atoms with Crippen LogP contribution in [0.4, 0.5) is 4.39 Å². The molecule has 4 heteroatoms. The van der Waals surface area contributed by atoms with Gasteiger partial charge in [0.15, 0.2) is 0 Å². The highest BCUT2D eigenvalue weighted by Crippen LogP contribution is 2.70. The van der Waals surface area contributed by atoms with E-state index in [1.54, 1.807) is 13.8 Å². The summed E-state index contributed by atoms with van der Waals surface area (Å²) < 4.78 is 13.1. The molecule has 0 saturated heterocycles. The molecular weight excluding hydrogens is 199 g/mol. The summed E-state index contributed by atoms with van der Waals surface area (Å²) in [5, 5.41) is 9.28. The first-order valence-corrected chi connectivity index (χ1v) is 5.17. The second kappa shape index (κ2) is 2.60. The summed E-state index contributed by atoms with van der Waals surface area (Å²) in [4.78, 5) is 23.1. The molecule has 2 saturated carbocycles. The van der Waals surface area contributed by atoms with Crippen LogP contribution < -0.4 is 0 Å². The minimum atomic E-state index is -1.04. The maximum Gasteiger partial charge on any atom is 0.310 e. The van der Waals surface area contributed by atoms with Gasteiger partial charge in [-0.1, -0.05) is 13.8 Å². The van der Waals surface area contributed by atoms with Crippen molar-refractivity contribution in [2.45, 2.75) is 33.1 Å². The number of alkyl halides is 1. The number of halogens is 1. The Hall–Kier alpha value is -0.930. The lowest BCUT2D eigenvalue weighted by atomic mass is 9.65. The van der Waals surface area contributed by atoms with Crippen LogP contribution in [0.5, 0.6) is 0 Å². The number of Topliss-reactive ketones (excluding diaryl/α,β-unsaturated/α-hetero) is 1. The number of hydrogen-bond donors (Lipinski definition) is 1. The molecule has 2 aliphatic carbocycles. The first kappa shape index (κ1) is 10.6. The lowest BCUT2D eigenvalue weighted by Gasteiger charge is -2.37. The Labute approximate surface area is 87.7 Å². The predicted octanol–water partition coefficient (Wildman–Crippen LogP) is 1.81. The van der Waals surface area contributed by atoms with Crippen molar-refractivity contribution < 1.29 is 19.1 Å². The standard InChI is InChI=1S/C11H15FO3/c1-9(2)10(8(14)15)3-4-11(9,6-12)7(13)5-10/h3-6H2,1-2H3,(H,14,15)/t10-,11+/m0/s1. The Morgan fingerprint density at radius 2 is 2.07 bits per heavy atom. The van der Waals surface area contributed by atoms with Gasteiger partial charge in [0.05, 0.1) is 10.8 Å². The van der Waals surface area contributed by atoms with Gasteiger partial charge in [-0.05, 0) is 18.3 Å². The Kier molecular flexibility index (Phi) is 1.83. The summed E-state index contributed by atoms with van der Waals surface area (Å²) >= 11 is 0. The molecule has 2 atom stereocenters. The van der Waals surface area contributed by atoms with Crippen molar-refractivity contribution >= 4 is 11.8 Å². The maximum absolute atomic E-state index is 13.1. The largest absolute Gasteiger partial charge is 0.481 e. The number of carboxylic acid groups (broad SMARTS) is 1. The number of carbonyl (C=O) groups excluding carboxylic acids is 1. The molecule has 0 radical (unpaired) electrons. The molecular formula is C11H15FO3. The molecule has 0 aliphatic heterocycles. The number of fused-ring (bicyclic) bond motifs is 2. The molecule has 0 spiro atoms. The third-order valence-corrected chi connectivity index (χ3v) is 5.00. The fraction of sp³-hybridized carbons (Fsp3) is 0.818. The zero-order chi connectivity index (χ0) is 11.5. The van der Waals surface area contributed by atoms with E-state index in [1.807, 2.05) is 0 Å². The third-order valence-electron chi connectivity index (χ3n) is 5.00. The zero-order valence-corrected chi connectivity index (χ0v) is 8.97. The number of aliphatic carboxylic acids is 1. The zero-order valence-electron chi connectivity index (χ0n) is 8.97. The van der Waals surface area contributed by atoms with Crippen molar-refractivity contribution in [3.63, 3.8) is 0 Å². The molecule has 0 amide bonds. The van der Waals surface area contributed by atoms with E-state index in [-0.39, 0.29) is 12.2 Å². The van der Waals surface area contributed by atoms with Crippen LogP contribution in [0.15, 0.2) is 0 Å². The van der Waals surface area contributed by atoms with E-state index in [1.165, 1.54) is 0 Å².